The first kappa shape index (κ1) is 16.2. The number of hydrogen-bond acceptors (Lipinski definition) is 4. The molecule has 1 rings (SSSR count). The van der Waals surface area contributed by atoms with Gasteiger partial charge in [0.25, 0.3) is 0 Å². The third kappa shape index (κ3) is 4.31. The predicted octanol–water partition coefficient (Wildman–Crippen LogP) is 1.36. The van der Waals surface area contributed by atoms with E-state index < -0.39 is 20.7 Å². The summed E-state index contributed by atoms with van der Waals surface area (Å²) in [7, 11) is -4.02. The van der Waals surface area contributed by atoms with Crippen molar-refractivity contribution in [3.8, 4) is 0 Å². The molecule has 0 aliphatic carbocycles. The highest BCUT2D eigenvalue weighted by molar-refractivity contribution is 7.89. The van der Waals surface area contributed by atoms with Gasteiger partial charge in [0, 0.05) is 18.2 Å². The van der Waals surface area contributed by atoms with Gasteiger partial charge in [-0.1, -0.05) is 18.5 Å². The summed E-state index contributed by atoms with van der Waals surface area (Å²) in [5.74, 6) is -1.09. The first-order chi connectivity index (χ1) is 8.77. The van der Waals surface area contributed by atoms with Crippen LogP contribution in [0.1, 0.15) is 13.3 Å². The molecule has 8 heteroatoms. The maximum Gasteiger partial charge on any atom is 0.243 e. The number of hydrogen-bond donors (Lipinski definition) is 3. The lowest BCUT2D eigenvalue weighted by molar-refractivity contribution is 0.263. The van der Waals surface area contributed by atoms with Crippen LogP contribution in [0.4, 0.5) is 10.1 Å². The van der Waals surface area contributed by atoms with Crippen molar-refractivity contribution >= 4 is 27.3 Å². The molecule has 0 heterocycles. The molecule has 0 saturated heterocycles. The molecule has 0 radical (unpaired) electrons. The quantitative estimate of drug-likeness (QED) is 0.692. The Morgan fingerprint density at radius 3 is 2.74 bits per heavy atom. The first-order valence-corrected chi connectivity index (χ1v) is 7.49. The van der Waals surface area contributed by atoms with Crippen LogP contribution in [-0.4, -0.2) is 26.7 Å². The predicted molar refractivity (Wildman–Crippen MR) is 71.9 cm³/mol. The number of nitrogen functional groups attached to an aromatic ring is 1. The minimum atomic E-state index is -4.02. The third-order valence-corrected chi connectivity index (χ3v) is 4.21. The van der Waals surface area contributed by atoms with Crippen molar-refractivity contribution in [1.82, 2.24) is 4.72 Å². The maximum atomic E-state index is 13.7. The first-order valence-electron chi connectivity index (χ1n) is 5.63. The second-order valence-electron chi connectivity index (χ2n) is 4.28. The number of sulfonamides is 1. The molecule has 1 aromatic rings. The monoisotopic (exact) mass is 310 g/mol. The molecule has 0 saturated carbocycles. The van der Waals surface area contributed by atoms with Crippen LogP contribution in [0, 0.1) is 11.7 Å². The van der Waals surface area contributed by atoms with Gasteiger partial charge < -0.3 is 10.8 Å². The highest BCUT2D eigenvalue weighted by Gasteiger charge is 2.22. The van der Waals surface area contributed by atoms with Crippen LogP contribution in [0.2, 0.25) is 5.02 Å². The zero-order valence-corrected chi connectivity index (χ0v) is 11.9. The van der Waals surface area contributed by atoms with Crippen molar-refractivity contribution in [3.63, 3.8) is 0 Å². The van der Waals surface area contributed by atoms with Gasteiger partial charge in [-0.25, -0.2) is 17.5 Å². The Kier molecular flexibility index (Phi) is 5.54. The number of aliphatic hydroxyl groups is 1. The Bertz CT molecular complexity index is 551. The van der Waals surface area contributed by atoms with Crippen LogP contribution < -0.4 is 10.5 Å². The Balaban J connectivity index is 2.95. The topological polar surface area (TPSA) is 92.4 Å². The molecule has 0 bridgehead atoms. The average molecular weight is 311 g/mol. The highest BCUT2D eigenvalue weighted by Crippen LogP contribution is 2.25. The molecule has 0 aliphatic heterocycles. The van der Waals surface area contributed by atoms with E-state index in [1.165, 1.54) is 0 Å². The number of benzene rings is 1. The van der Waals surface area contributed by atoms with Gasteiger partial charge in [0.05, 0.1) is 5.69 Å². The van der Waals surface area contributed by atoms with Gasteiger partial charge in [-0.2, -0.15) is 0 Å². The van der Waals surface area contributed by atoms with Crippen LogP contribution in [0.5, 0.6) is 0 Å². The van der Waals surface area contributed by atoms with E-state index in [9.17, 15) is 12.8 Å². The fraction of sp³-hybridized carbons (Fsp3) is 0.455. The number of nitrogens with one attached hydrogen (secondary N) is 1. The molecule has 4 N–H and O–H groups in total. The number of aliphatic hydroxyl groups excluding tert-OH is 1. The molecule has 0 spiro atoms. The molecule has 1 unspecified atom stereocenters. The van der Waals surface area contributed by atoms with E-state index in [0.29, 0.717) is 6.42 Å². The van der Waals surface area contributed by atoms with Gasteiger partial charge in [-0.15, -0.1) is 0 Å². The maximum absolute atomic E-state index is 13.7. The lowest BCUT2D eigenvalue weighted by Crippen LogP contribution is -2.29. The van der Waals surface area contributed by atoms with E-state index in [2.05, 4.69) is 4.72 Å². The van der Waals surface area contributed by atoms with E-state index in [4.69, 9.17) is 22.4 Å². The van der Waals surface area contributed by atoms with Gasteiger partial charge in [0.1, 0.15) is 4.90 Å². The fourth-order valence-electron chi connectivity index (χ4n) is 1.43. The second kappa shape index (κ2) is 6.51. The van der Waals surface area contributed by atoms with E-state index in [1.807, 2.05) is 0 Å². The van der Waals surface area contributed by atoms with Crippen molar-refractivity contribution in [1.29, 1.82) is 0 Å². The van der Waals surface area contributed by atoms with E-state index in [-0.39, 0.29) is 29.8 Å². The lowest BCUT2D eigenvalue weighted by Gasteiger charge is -2.13. The lowest BCUT2D eigenvalue weighted by atomic mass is 10.1. The van der Waals surface area contributed by atoms with Crippen LogP contribution in [0.25, 0.3) is 0 Å². The summed E-state index contributed by atoms with van der Waals surface area (Å²) in [5.41, 5.74) is 5.01. The Morgan fingerprint density at radius 1 is 1.53 bits per heavy atom. The van der Waals surface area contributed by atoms with E-state index in [1.54, 1.807) is 6.92 Å². The van der Waals surface area contributed by atoms with Crippen molar-refractivity contribution in [2.24, 2.45) is 5.92 Å². The third-order valence-electron chi connectivity index (χ3n) is 2.57. The molecule has 0 fully saturated rings. The van der Waals surface area contributed by atoms with Crippen molar-refractivity contribution in [2.75, 3.05) is 18.9 Å². The van der Waals surface area contributed by atoms with Crippen LogP contribution in [0.3, 0.4) is 0 Å². The summed E-state index contributed by atoms with van der Waals surface area (Å²) in [5, 5.41) is 8.77. The van der Waals surface area contributed by atoms with Crippen molar-refractivity contribution in [3.05, 3.63) is 23.0 Å². The Morgan fingerprint density at radius 2 is 2.16 bits per heavy atom. The summed E-state index contributed by atoms with van der Waals surface area (Å²) < 4.78 is 39.8. The molecule has 5 nitrogen and oxygen atoms in total. The van der Waals surface area contributed by atoms with Crippen molar-refractivity contribution < 1.29 is 17.9 Å². The minimum absolute atomic E-state index is 0.0403. The molecule has 0 amide bonds. The molecular weight excluding hydrogens is 295 g/mol. The standard InChI is InChI=1S/C11H16ClFN2O3S/c1-7(2-3-16)6-15-19(17,18)10-5-8(12)4-9(14)11(10)13/h4-5,7,15-16H,2-3,6,14H2,1H3. The van der Waals surface area contributed by atoms with Gasteiger partial charge in [-0.05, 0) is 24.5 Å². The number of rotatable bonds is 6. The molecule has 108 valence electrons. The summed E-state index contributed by atoms with van der Waals surface area (Å²) in [6.45, 7) is 1.82. The Labute approximate surface area is 116 Å². The minimum Gasteiger partial charge on any atom is -0.396 e. The summed E-state index contributed by atoms with van der Waals surface area (Å²) in [6.07, 6.45) is 0.447. The summed E-state index contributed by atoms with van der Waals surface area (Å²) >= 11 is 5.67. The van der Waals surface area contributed by atoms with Gasteiger partial charge >= 0.3 is 0 Å². The second-order valence-corrected chi connectivity index (χ2v) is 6.45. The smallest absolute Gasteiger partial charge is 0.243 e. The molecule has 1 atom stereocenters. The van der Waals surface area contributed by atoms with Gasteiger partial charge in [0.15, 0.2) is 5.82 Å². The van der Waals surface area contributed by atoms with E-state index >= 15 is 0 Å². The number of anilines is 1. The number of nitrogens with two attached hydrogens (primary N) is 1. The SMILES string of the molecule is CC(CCO)CNS(=O)(=O)c1cc(Cl)cc(N)c1F. The highest BCUT2D eigenvalue weighted by atomic mass is 35.5. The molecule has 19 heavy (non-hydrogen) atoms. The molecular formula is C11H16ClFN2O3S. The largest absolute Gasteiger partial charge is 0.396 e. The normalized spacial score (nSPS) is 13.5. The molecule has 0 aromatic heterocycles. The van der Waals surface area contributed by atoms with Gasteiger partial charge in [0.2, 0.25) is 10.0 Å². The number of halogens is 2. The molecule has 0 aliphatic rings. The fourth-order valence-corrected chi connectivity index (χ4v) is 3.02. The van der Waals surface area contributed by atoms with Crippen LogP contribution in [-0.2, 0) is 10.0 Å². The van der Waals surface area contributed by atoms with Crippen LogP contribution >= 0.6 is 11.6 Å². The van der Waals surface area contributed by atoms with Gasteiger partial charge in [-0.3, -0.25) is 0 Å². The molecule has 1 aromatic carbocycles. The van der Waals surface area contributed by atoms with Crippen LogP contribution in [0.15, 0.2) is 17.0 Å². The Hall–Kier alpha value is -0.890. The zero-order valence-electron chi connectivity index (χ0n) is 10.4. The average Bonchev–Trinajstić information content (AvgIpc) is 2.31. The van der Waals surface area contributed by atoms with E-state index in [0.717, 1.165) is 12.1 Å². The summed E-state index contributed by atoms with van der Waals surface area (Å²) in [4.78, 5) is -0.575. The zero-order chi connectivity index (χ0) is 14.6. The van der Waals surface area contributed by atoms with Crippen molar-refractivity contribution in [2.45, 2.75) is 18.2 Å². The summed E-state index contributed by atoms with van der Waals surface area (Å²) in [6, 6.07) is 2.15.